The van der Waals surface area contributed by atoms with Crippen LogP contribution in [0.5, 0.6) is 0 Å². The molecule has 0 spiro atoms. The van der Waals surface area contributed by atoms with Crippen LogP contribution in [0.1, 0.15) is 10.4 Å². The Bertz CT molecular complexity index is 1050. The summed E-state index contributed by atoms with van der Waals surface area (Å²) >= 11 is 5.91. The van der Waals surface area contributed by atoms with Crippen molar-refractivity contribution in [2.75, 3.05) is 11.6 Å². The molecule has 0 unspecified atom stereocenters. The highest BCUT2D eigenvalue weighted by Crippen LogP contribution is 2.23. The standard InChI is InChI=1S/C16H12ClN3O4S/c1-25(22,23)13-8-3-2-7-12(13)14(21)18-16-20-19-15(24-16)10-5-4-6-11(17)9-10/h2-9H,1H3,(H,18,20,21). The second-order valence-electron chi connectivity index (χ2n) is 5.15. The number of hydrogen-bond acceptors (Lipinski definition) is 6. The fourth-order valence-corrected chi connectivity index (χ4v) is 3.23. The van der Waals surface area contributed by atoms with E-state index in [0.717, 1.165) is 6.26 Å². The van der Waals surface area contributed by atoms with Crippen LogP contribution in [-0.2, 0) is 9.84 Å². The van der Waals surface area contributed by atoms with E-state index >= 15 is 0 Å². The number of hydrogen-bond donors (Lipinski definition) is 1. The fourth-order valence-electron chi connectivity index (χ4n) is 2.15. The van der Waals surface area contributed by atoms with Crippen molar-refractivity contribution in [3.05, 3.63) is 59.1 Å². The van der Waals surface area contributed by atoms with Crippen LogP contribution in [0.15, 0.2) is 57.8 Å². The Morgan fingerprint density at radius 2 is 1.88 bits per heavy atom. The third-order valence-corrected chi connectivity index (χ3v) is 4.64. The van der Waals surface area contributed by atoms with Crippen LogP contribution in [0.2, 0.25) is 5.02 Å². The number of nitrogens with one attached hydrogen (secondary N) is 1. The van der Waals surface area contributed by atoms with Crippen LogP contribution in [0.4, 0.5) is 6.01 Å². The molecule has 0 aliphatic rings. The number of aromatic nitrogens is 2. The molecule has 0 bridgehead atoms. The first-order valence-electron chi connectivity index (χ1n) is 7.04. The van der Waals surface area contributed by atoms with Crippen LogP contribution >= 0.6 is 11.6 Å². The van der Waals surface area contributed by atoms with Crippen molar-refractivity contribution < 1.29 is 17.6 Å². The normalized spacial score (nSPS) is 11.3. The fraction of sp³-hybridized carbons (Fsp3) is 0.0625. The Morgan fingerprint density at radius 3 is 2.60 bits per heavy atom. The average molecular weight is 378 g/mol. The summed E-state index contributed by atoms with van der Waals surface area (Å²) in [6.07, 6.45) is 1.03. The van der Waals surface area contributed by atoms with Crippen molar-refractivity contribution in [1.82, 2.24) is 10.2 Å². The highest BCUT2D eigenvalue weighted by Gasteiger charge is 2.20. The van der Waals surface area contributed by atoms with Gasteiger partial charge in [-0.2, -0.15) is 0 Å². The Balaban J connectivity index is 1.86. The van der Waals surface area contributed by atoms with Gasteiger partial charge in [0.1, 0.15) is 0 Å². The van der Waals surface area contributed by atoms with E-state index in [2.05, 4.69) is 15.5 Å². The second kappa shape index (κ2) is 6.66. The summed E-state index contributed by atoms with van der Waals surface area (Å²) in [5.41, 5.74) is 0.588. The van der Waals surface area contributed by atoms with E-state index in [-0.39, 0.29) is 22.4 Å². The van der Waals surface area contributed by atoms with Gasteiger partial charge in [0.25, 0.3) is 5.91 Å². The number of benzene rings is 2. The van der Waals surface area contributed by atoms with Gasteiger partial charge in [-0.15, -0.1) is 5.10 Å². The summed E-state index contributed by atoms with van der Waals surface area (Å²) in [5, 5.41) is 10.5. The molecule has 0 fully saturated rings. The Hall–Kier alpha value is -2.71. The Labute approximate surface area is 148 Å². The van der Waals surface area contributed by atoms with Gasteiger partial charge in [0.15, 0.2) is 9.84 Å². The largest absolute Gasteiger partial charge is 0.403 e. The summed E-state index contributed by atoms with van der Waals surface area (Å²) in [4.78, 5) is 12.3. The van der Waals surface area contributed by atoms with E-state index in [1.54, 1.807) is 30.3 Å². The summed E-state index contributed by atoms with van der Waals surface area (Å²) < 4.78 is 29.0. The molecule has 0 saturated heterocycles. The van der Waals surface area contributed by atoms with E-state index in [0.29, 0.717) is 10.6 Å². The van der Waals surface area contributed by atoms with E-state index in [9.17, 15) is 13.2 Å². The molecule has 9 heteroatoms. The van der Waals surface area contributed by atoms with Crippen LogP contribution in [0, 0.1) is 0 Å². The number of halogens is 1. The van der Waals surface area contributed by atoms with Gasteiger partial charge >= 0.3 is 6.01 Å². The first-order chi connectivity index (χ1) is 11.8. The lowest BCUT2D eigenvalue weighted by Gasteiger charge is -2.06. The predicted octanol–water partition coefficient (Wildman–Crippen LogP) is 3.05. The summed E-state index contributed by atoms with van der Waals surface area (Å²) in [7, 11) is -3.56. The molecular formula is C16H12ClN3O4S. The molecule has 2 aromatic carbocycles. The van der Waals surface area contributed by atoms with Crippen molar-refractivity contribution in [2.24, 2.45) is 0 Å². The third-order valence-electron chi connectivity index (χ3n) is 3.25. The van der Waals surface area contributed by atoms with Gasteiger partial charge in [0.05, 0.1) is 10.5 Å². The maximum absolute atomic E-state index is 12.4. The molecule has 1 N–H and O–H groups in total. The van der Waals surface area contributed by atoms with Crippen molar-refractivity contribution in [3.8, 4) is 11.5 Å². The van der Waals surface area contributed by atoms with Gasteiger partial charge in [-0.3, -0.25) is 10.1 Å². The molecule has 3 rings (SSSR count). The molecular weight excluding hydrogens is 366 g/mol. The lowest BCUT2D eigenvalue weighted by molar-refractivity contribution is 0.102. The van der Waals surface area contributed by atoms with Crippen molar-refractivity contribution >= 4 is 33.4 Å². The second-order valence-corrected chi connectivity index (χ2v) is 7.57. The number of sulfone groups is 1. The molecule has 1 aromatic heterocycles. The third kappa shape index (κ3) is 3.86. The topological polar surface area (TPSA) is 102 Å². The van der Waals surface area contributed by atoms with Gasteiger partial charge in [0.2, 0.25) is 5.89 Å². The molecule has 128 valence electrons. The zero-order chi connectivity index (χ0) is 18.0. The summed E-state index contributed by atoms with van der Waals surface area (Å²) in [6, 6.07) is 12.5. The zero-order valence-corrected chi connectivity index (χ0v) is 14.5. The monoisotopic (exact) mass is 377 g/mol. The molecule has 1 heterocycles. The van der Waals surface area contributed by atoms with Crippen molar-refractivity contribution in [3.63, 3.8) is 0 Å². The molecule has 0 saturated carbocycles. The maximum Gasteiger partial charge on any atom is 0.322 e. The van der Waals surface area contributed by atoms with Crippen molar-refractivity contribution in [2.45, 2.75) is 4.90 Å². The molecule has 0 aliphatic heterocycles. The zero-order valence-electron chi connectivity index (χ0n) is 12.9. The van der Waals surface area contributed by atoms with E-state index in [1.165, 1.54) is 18.2 Å². The number of anilines is 1. The van der Waals surface area contributed by atoms with Gasteiger partial charge in [0, 0.05) is 16.8 Å². The first kappa shape index (κ1) is 17.1. The predicted molar refractivity (Wildman–Crippen MR) is 92.2 cm³/mol. The molecule has 7 nitrogen and oxygen atoms in total. The lowest BCUT2D eigenvalue weighted by Crippen LogP contribution is -2.16. The van der Waals surface area contributed by atoms with Crippen LogP contribution in [-0.4, -0.2) is 30.8 Å². The Morgan fingerprint density at radius 1 is 1.12 bits per heavy atom. The summed E-state index contributed by atoms with van der Waals surface area (Å²) in [6.45, 7) is 0. The SMILES string of the molecule is CS(=O)(=O)c1ccccc1C(=O)Nc1nnc(-c2cccc(Cl)c2)o1. The van der Waals surface area contributed by atoms with Gasteiger partial charge < -0.3 is 4.42 Å². The average Bonchev–Trinajstić information content (AvgIpc) is 3.02. The maximum atomic E-state index is 12.4. The van der Waals surface area contributed by atoms with Gasteiger partial charge in [-0.25, -0.2) is 8.42 Å². The molecule has 0 atom stereocenters. The number of rotatable bonds is 4. The lowest BCUT2D eigenvalue weighted by atomic mass is 10.2. The van der Waals surface area contributed by atoms with Crippen LogP contribution < -0.4 is 5.32 Å². The van der Waals surface area contributed by atoms with Gasteiger partial charge in [-0.1, -0.05) is 34.9 Å². The van der Waals surface area contributed by atoms with Crippen LogP contribution in [0.3, 0.4) is 0 Å². The highest BCUT2D eigenvalue weighted by atomic mass is 35.5. The van der Waals surface area contributed by atoms with Crippen LogP contribution in [0.25, 0.3) is 11.5 Å². The number of amides is 1. The molecule has 25 heavy (non-hydrogen) atoms. The number of carbonyl (C=O) groups is 1. The molecule has 0 radical (unpaired) electrons. The van der Waals surface area contributed by atoms with E-state index in [4.69, 9.17) is 16.0 Å². The smallest absolute Gasteiger partial charge is 0.322 e. The molecule has 1 amide bonds. The Kier molecular flexibility index (Phi) is 4.56. The minimum atomic E-state index is -3.56. The van der Waals surface area contributed by atoms with Gasteiger partial charge in [-0.05, 0) is 30.3 Å². The highest BCUT2D eigenvalue weighted by molar-refractivity contribution is 7.90. The van der Waals surface area contributed by atoms with E-state index in [1.807, 2.05) is 0 Å². The molecule has 0 aliphatic carbocycles. The van der Waals surface area contributed by atoms with E-state index < -0.39 is 15.7 Å². The van der Waals surface area contributed by atoms with Crippen molar-refractivity contribution in [1.29, 1.82) is 0 Å². The first-order valence-corrected chi connectivity index (χ1v) is 9.31. The minimum Gasteiger partial charge on any atom is -0.403 e. The number of carbonyl (C=O) groups excluding carboxylic acids is 1. The minimum absolute atomic E-state index is 0.00694. The summed E-state index contributed by atoms with van der Waals surface area (Å²) in [5.74, 6) is -0.489. The number of nitrogens with zero attached hydrogens (tertiary/aromatic N) is 2. The molecule has 3 aromatic rings. The quantitative estimate of drug-likeness (QED) is 0.749.